The van der Waals surface area contributed by atoms with E-state index in [0.29, 0.717) is 13.1 Å². The number of hydrogen-bond donors (Lipinski definition) is 1. The molecule has 2 rings (SSSR count). The van der Waals surface area contributed by atoms with Gasteiger partial charge in [-0.3, -0.25) is 0 Å². The van der Waals surface area contributed by atoms with Crippen molar-refractivity contribution in [3.05, 3.63) is 24.0 Å². The van der Waals surface area contributed by atoms with E-state index in [9.17, 15) is 12.8 Å². The molecule has 0 aliphatic carbocycles. The summed E-state index contributed by atoms with van der Waals surface area (Å²) in [6.07, 6.45) is 4.96. The molecule has 0 unspecified atom stereocenters. The Balaban J connectivity index is 2.26. The first-order valence-electron chi connectivity index (χ1n) is 6.57. The second-order valence-corrected chi connectivity index (χ2v) is 6.79. The van der Waals surface area contributed by atoms with Crippen LogP contribution < -0.4 is 5.73 Å². The Kier molecular flexibility index (Phi) is 4.42. The first kappa shape index (κ1) is 14.3. The topological polar surface area (TPSA) is 63.4 Å². The normalized spacial score (nSPS) is 18.8. The van der Waals surface area contributed by atoms with Crippen molar-refractivity contribution in [2.24, 2.45) is 0 Å². The van der Waals surface area contributed by atoms with Crippen LogP contribution in [0.1, 0.15) is 32.1 Å². The zero-order valence-corrected chi connectivity index (χ0v) is 11.6. The fraction of sp³-hybridized carbons (Fsp3) is 0.538. The highest BCUT2D eigenvalue weighted by atomic mass is 32.2. The van der Waals surface area contributed by atoms with Gasteiger partial charge in [0.25, 0.3) is 0 Å². The fourth-order valence-corrected chi connectivity index (χ4v) is 3.81. The standard InChI is InChI=1S/C13H19FN2O2S/c14-12-10-11(6-7-13(12)15)19(17,18)16-8-4-2-1-3-5-9-16/h6-7,10H,1-5,8-9,15H2. The van der Waals surface area contributed by atoms with Crippen LogP contribution in [0.2, 0.25) is 0 Å². The molecular formula is C13H19FN2O2S. The number of halogens is 1. The van der Waals surface area contributed by atoms with E-state index in [1.807, 2.05) is 0 Å². The van der Waals surface area contributed by atoms with Gasteiger partial charge in [0.15, 0.2) is 0 Å². The third-order valence-corrected chi connectivity index (χ3v) is 5.32. The van der Waals surface area contributed by atoms with Crippen LogP contribution in [-0.4, -0.2) is 25.8 Å². The third-order valence-electron chi connectivity index (χ3n) is 3.42. The maximum atomic E-state index is 13.4. The monoisotopic (exact) mass is 286 g/mol. The Morgan fingerprint density at radius 1 is 1.05 bits per heavy atom. The molecule has 0 amide bonds. The van der Waals surface area contributed by atoms with Crippen molar-refractivity contribution in [3.8, 4) is 0 Å². The third kappa shape index (κ3) is 3.25. The van der Waals surface area contributed by atoms with Gasteiger partial charge in [-0.05, 0) is 31.0 Å². The van der Waals surface area contributed by atoms with Crippen LogP contribution in [0, 0.1) is 5.82 Å². The number of sulfonamides is 1. The van der Waals surface area contributed by atoms with E-state index in [-0.39, 0.29) is 10.6 Å². The highest BCUT2D eigenvalue weighted by Crippen LogP contribution is 2.22. The van der Waals surface area contributed by atoms with E-state index in [0.717, 1.165) is 38.2 Å². The molecule has 0 aromatic heterocycles. The number of rotatable bonds is 2. The van der Waals surface area contributed by atoms with Crippen LogP contribution >= 0.6 is 0 Å². The maximum Gasteiger partial charge on any atom is 0.243 e. The maximum absolute atomic E-state index is 13.4. The van der Waals surface area contributed by atoms with Crippen molar-refractivity contribution >= 4 is 15.7 Å². The SMILES string of the molecule is Nc1ccc(S(=O)(=O)N2CCCCCCC2)cc1F. The minimum Gasteiger partial charge on any atom is -0.396 e. The van der Waals surface area contributed by atoms with E-state index >= 15 is 0 Å². The number of benzene rings is 1. The minimum absolute atomic E-state index is 0.0141. The van der Waals surface area contributed by atoms with E-state index in [1.54, 1.807) is 0 Å². The zero-order valence-electron chi connectivity index (χ0n) is 10.8. The van der Waals surface area contributed by atoms with E-state index < -0.39 is 15.8 Å². The summed E-state index contributed by atoms with van der Waals surface area (Å²) < 4.78 is 39.7. The molecule has 1 aromatic rings. The second kappa shape index (κ2) is 5.88. The highest BCUT2D eigenvalue weighted by molar-refractivity contribution is 7.89. The molecule has 0 saturated carbocycles. The van der Waals surface area contributed by atoms with Crippen LogP contribution in [0.3, 0.4) is 0 Å². The summed E-state index contributed by atoms with van der Waals surface area (Å²) in [6, 6.07) is 3.67. The van der Waals surface area contributed by atoms with Crippen molar-refractivity contribution in [2.75, 3.05) is 18.8 Å². The predicted octanol–water partition coefficient (Wildman–Crippen LogP) is 2.36. The first-order valence-corrected chi connectivity index (χ1v) is 8.01. The molecular weight excluding hydrogens is 267 g/mol. The van der Waals surface area contributed by atoms with Gasteiger partial charge in [0.2, 0.25) is 10.0 Å². The lowest BCUT2D eigenvalue weighted by atomic mass is 10.1. The van der Waals surface area contributed by atoms with Gasteiger partial charge < -0.3 is 5.73 Å². The average Bonchev–Trinajstić information content (AvgIpc) is 2.31. The Morgan fingerprint density at radius 3 is 2.21 bits per heavy atom. The van der Waals surface area contributed by atoms with Gasteiger partial charge in [-0.15, -0.1) is 0 Å². The molecule has 1 saturated heterocycles. The van der Waals surface area contributed by atoms with Gasteiger partial charge in [0, 0.05) is 13.1 Å². The van der Waals surface area contributed by atoms with Crippen molar-refractivity contribution in [2.45, 2.75) is 37.0 Å². The summed E-state index contributed by atoms with van der Waals surface area (Å²) in [7, 11) is -3.60. The van der Waals surface area contributed by atoms with Crippen LogP contribution in [0.4, 0.5) is 10.1 Å². The summed E-state index contributed by atoms with van der Waals surface area (Å²) in [5, 5.41) is 0. The molecule has 6 heteroatoms. The summed E-state index contributed by atoms with van der Waals surface area (Å²) in [6.45, 7) is 1.02. The number of nitrogens with zero attached hydrogens (tertiary/aromatic N) is 1. The van der Waals surface area contributed by atoms with Crippen molar-refractivity contribution < 1.29 is 12.8 Å². The largest absolute Gasteiger partial charge is 0.396 e. The zero-order chi connectivity index (χ0) is 13.9. The molecule has 1 aliphatic rings. The molecule has 0 spiro atoms. The van der Waals surface area contributed by atoms with Gasteiger partial charge in [-0.25, -0.2) is 12.8 Å². The summed E-state index contributed by atoms with van der Waals surface area (Å²) in [5.74, 6) is -0.687. The predicted molar refractivity (Wildman–Crippen MR) is 72.7 cm³/mol. The summed E-state index contributed by atoms with van der Waals surface area (Å²) >= 11 is 0. The molecule has 1 aromatic carbocycles. The smallest absolute Gasteiger partial charge is 0.243 e. The van der Waals surface area contributed by atoms with Crippen LogP contribution in [0.25, 0.3) is 0 Å². The quantitative estimate of drug-likeness (QED) is 0.849. The molecule has 0 atom stereocenters. The van der Waals surface area contributed by atoms with Crippen molar-refractivity contribution in [3.63, 3.8) is 0 Å². The lowest BCUT2D eigenvalue weighted by Crippen LogP contribution is -2.33. The van der Waals surface area contributed by atoms with E-state index in [2.05, 4.69) is 0 Å². The Labute approximate surface area is 113 Å². The molecule has 106 valence electrons. The van der Waals surface area contributed by atoms with Gasteiger partial charge >= 0.3 is 0 Å². The van der Waals surface area contributed by atoms with Gasteiger partial charge in [-0.1, -0.05) is 19.3 Å². The highest BCUT2D eigenvalue weighted by Gasteiger charge is 2.25. The summed E-state index contributed by atoms with van der Waals surface area (Å²) in [4.78, 5) is -0.0141. The molecule has 0 radical (unpaired) electrons. The molecule has 0 bridgehead atoms. The summed E-state index contributed by atoms with van der Waals surface area (Å²) in [5.41, 5.74) is 5.34. The van der Waals surface area contributed by atoms with Crippen LogP contribution in [0.5, 0.6) is 0 Å². The number of nitrogens with two attached hydrogens (primary N) is 1. The lowest BCUT2D eigenvalue weighted by Gasteiger charge is -2.24. The van der Waals surface area contributed by atoms with E-state index in [4.69, 9.17) is 5.73 Å². The van der Waals surface area contributed by atoms with Crippen molar-refractivity contribution in [1.82, 2.24) is 4.31 Å². The van der Waals surface area contributed by atoms with Crippen LogP contribution in [-0.2, 0) is 10.0 Å². The van der Waals surface area contributed by atoms with Crippen LogP contribution in [0.15, 0.2) is 23.1 Å². The molecule has 4 nitrogen and oxygen atoms in total. The Bertz CT molecular complexity index is 538. The first-order chi connectivity index (χ1) is 9.01. The van der Waals surface area contributed by atoms with E-state index in [1.165, 1.54) is 16.4 Å². The molecule has 1 heterocycles. The van der Waals surface area contributed by atoms with Gasteiger partial charge in [0.05, 0.1) is 10.6 Å². The van der Waals surface area contributed by atoms with Crippen molar-refractivity contribution in [1.29, 1.82) is 0 Å². The van der Waals surface area contributed by atoms with Gasteiger partial charge in [-0.2, -0.15) is 4.31 Å². The molecule has 1 aliphatic heterocycles. The molecule has 1 fully saturated rings. The lowest BCUT2D eigenvalue weighted by molar-refractivity contribution is 0.364. The number of anilines is 1. The Hall–Kier alpha value is -1.14. The number of hydrogen-bond acceptors (Lipinski definition) is 3. The van der Waals surface area contributed by atoms with Gasteiger partial charge in [0.1, 0.15) is 5.82 Å². The number of nitrogen functional groups attached to an aromatic ring is 1. The fourth-order valence-electron chi connectivity index (χ4n) is 2.28. The Morgan fingerprint density at radius 2 is 1.63 bits per heavy atom. The minimum atomic E-state index is -3.60. The average molecular weight is 286 g/mol. The molecule has 2 N–H and O–H groups in total. The second-order valence-electron chi connectivity index (χ2n) is 4.86. The molecule has 19 heavy (non-hydrogen) atoms.